The van der Waals surface area contributed by atoms with Crippen LogP contribution in [0.1, 0.15) is 17.5 Å². The quantitative estimate of drug-likeness (QED) is 0.418. The monoisotopic (exact) mass is 395 g/mol. The summed E-state index contributed by atoms with van der Waals surface area (Å²) >= 11 is 5.95. The number of rotatable bonds is 4. The number of benzene rings is 1. The van der Waals surface area contributed by atoms with Crippen LogP contribution in [-0.4, -0.2) is 41.0 Å². The fourth-order valence-electron chi connectivity index (χ4n) is 2.82. The largest absolute Gasteiger partial charge is 0.364 e. The molecule has 2 heterocycles. The summed E-state index contributed by atoms with van der Waals surface area (Å²) in [6.07, 6.45) is 2.05. The summed E-state index contributed by atoms with van der Waals surface area (Å²) in [5.74, 6) is 4.97. The number of amides is 2. The molecule has 1 unspecified atom stereocenters. The van der Waals surface area contributed by atoms with E-state index in [4.69, 9.17) is 22.7 Å². The number of carbonyl (C=O) groups is 2. The number of hydrogen-bond acceptors (Lipinski definition) is 5. The number of halogens is 1. The van der Waals surface area contributed by atoms with Gasteiger partial charge in [-0.3, -0.25) is 15.0 Å². The summed E-state index contributed by atoms with van der Waals surface area (Å²) in [5, 5.41) is 11.2. The second kappa shape index (κ2) is 8.11. The number of nitrogens with one attached hydrogen (secondary N) is 2. The van der Waals surface area contributed by atoms with Gasteiger partial charge in [0.25, 0.3) is 5.91 Å². The Morgan fingerprint density at radius 3 is 2.89 bits per heavy atom. The number of likely N-dealkylation sites (tertiary alicyclic amines) is 1. The second-order valence-electron chi connectivity index (χ2n) is 6.37. The Morgan fingerprint density at radius 2 is 2.21 bits per heavy atom. The molecule has 0 bridgehead atoms. The van der Waals surface area contributed by atoms with E-state index in [1.807, 2.05) is 24.3 Å². The molecule has 0 radical (unpaired) electrons. The second-order valence-corrected chi connectivity index (χ2v) is 6.76. The van der Waals surface area contributed by atoms with Crippen LogP contribution in [0.2, 0.25) is 5.15 Å². The number of anilines is 2. The van der Waals surface area contributed by atoms with E-state index in [0.717, 1.165) is 18.5 Å². The fourth-order valence-corrected chi connectivity index (χ4v) is 2.98. The van der Waals surface area contributed by atoms with Gasteiger partial charge in [0, 0.05) is 36.6 Å². The topological polar surface area (TPSA) is 112 Å². The first-order chi connectivity index (χ1) is 13.3. The normalized spacial score (nSPS) is 15.7. The molecule has 1 aliphatic rings. The molecule has 1 aromatic carbocycles. The lowest BCUT2D eigenvalue weighted by Crippen LogP contribution is -2.24. The average molecular weight is 396 g/mol. The van der Waals surface area contributed by atoms with Gasteiger partial charge in [-0.2, -0.15) is 0 Å². The van der Waals surface area contributed by atoms with E-state index in [9.17, 15) is 9.59 Å². The first kappa shape index (κ1) is 19.4. The molecule has 1 aromatic heterocycles. The summed E-state index contributed by atoms with van der Waals surface area (Å²) in [5.41, 5.74) is 6.94. The lowest BCUT2D eigenvalue weighted by Gasteiger charge is -2.12. The molecule has 1 fully saturated rings. The summed E-state index contributed by atoms with van der Waals surface area (Å²) in [6, 6.07) is 8.79. The van der Waals surface area contributed by atoms with Gasteiger partial charge in [-0.05, 0) is 30.7 Å². The van der Waals surface area contributed by atoms with Gasteiger partial charge >= 0.3 is 0 Å². The first-order valence-electron chi connectivity index (χ1n) is 8.53. The molecule has 0 saturated carbocycles. The number of primary amides is 1. The number of carbonyl (C=O) groups excluding carboxylic acids is 2. The highest BCUT2D eigenvalue weighted by atomic mass is 35.5. The van der Waals surface area contributed by atoms with Gasteiger partial charge in [0.2, 0.25) is 5.91 Å². The fraction of sp³-hybridized carbons (Fsp3) is 0.200. The SMILES string of the molecule is CN1CCC(C#Cc2cccc(Nc3cc(Cl)ncc3C(=N)C(N)=O)c2)C1=O. The van der Waals surface area contributed by atoms with Gasteiger partial charge in [-0.15, -0.1) is 0 Å². The molecular weight excluding hydrogens is 378 g/mol. The molecule has 2 amide bonds. The molecule has 8 heteroatoms. The standard InChI is InChI=1S/C20H18ClN5O2/c1-26-8-7-13(20(26)28)6-5-12-3-2-4-14(9-12)25-16-10-17(21)24-11-15(16)18(22)19(23)27/h2-4,9-11,13,22H,7-8H2,1H3,(H2,23,27)(H,24,25). The molecular formula is C20H18ClN5O2. The minimum atomic E-state index is -0.863. The molecule has 2 aromatic rings. The Balaban J connectivity index is 1.85. The van der Waals surface area contributed by atoms with Gasteiger partial charge in [0.1, 0.15) is 16.8 Å². The maximum absolute atomic E-state index is 12.0. The zero-order valence-corrected chi connectivity index (χ0v) is 15.9. The van der Waals surface area contributed by atoms with Crippen molar-refractivity contribution in [1.29, 1.82) is 5.41 Å². The van der Waals surface area contributed by atoms with E-state index in [1.54, 1.807) is 11.9 Å². The van der Waals surface area contributed by atoms with Gasteiger partial charge in [-0.25, -0.2) is 4.98 Å². The number of aromatic nitrogens is 1. The van der Waals surface area contributed by atoms with E-state index >= 15 is 0 Å². The predicted molar refractivity (Wildman–Crippen MR) is 108 cm³/mol. The zero-order chi connectivity index (χ0) is 20.3. The number of nitrogens with two attached hydrogens (primary N) is 1. The molecule has 28 heavy (non-hydrogen) atoms. The smallest absolute Gasteiger partial charge is 0.267 e. The van der Waals surface area contributed by atoms with Crippen LogP contribution < -0.4 is 11.1 Å². The molecule has 1 aliphatic heterocycles. The molecule has 0 aliphatic carbocycles. The van der Waals surface area contributed by atoms with Crippen molar-refractivity contribution in [2.45, 2.75) is 6.42 Å². The van der Waals surface area contributed by atoms with Crippen LogP contribution >= 0.6 is 11.6 Å². The minimum Gasteiger partial charge on any atom is -0.364 e. The van der Waals surface area contributed by atoms with E-state index in [-0.39, 0.29) is 28.3 Å². The molecule has 142 valence electrons. The molecule has 4 N–H and O–H groups in total. The predicted octanol–water partition coefficient (Wildman–Crippen LogP) is 2.16. The van der Waals surface area contributed by atoms with Crippen LogP contribution in [0.25, 0.3) is 0 Å². The third-order valence-corrected chi connectivity index (χ3v) is 4.55. The highest BCUT2D eigenvalue weighted by Gasteiger charge is 2.27. The molecule has 7 nitrogen and oxygen atoms in total. The average Bonchev–Trinajstić information content (AvgIpc) is 2.98. The van der Waals surface area contributed by atoms with Crippen molar-refractivity contribution in [3.63, 3.8) is 0 Å². The number of hydrogen-bond donors (Lipinski definition) is 3. The van der Waals surface area contributed by atoms with Gasteiger partial charge in [0.15, 0.2) is 0 Å². The van der Waals surface area contributed by atoms with Crippen LogP contribution in [0.15, 0.2) is 36.5 Å². The Morgan fingerprint density at radius 1 is 1.43 bits per heavy atom. The van der Waals surface area contributed by atoms with E-state index < -0.39 is 5.91 Å². The zero-order valence-electron chi connectivity index (χ0n) is 15.1. The lowest BCUT2D eigenvalue weighted by atomic mass is 10.1. The van der Waals surface area contributed by atoms with Crippen molar-refractivity contribution in [2.75, 3.05) is 18.9 Å². The number of pyridine rings is 1. The van der Waals surface area contributed by atoms with E-state index in [2.05, 4.69) is 22.1 Å². The Hall–Kier alpha value is -3.37. The number of nitrogens with zero attached hydrogens (tertiary/aromatic N) is 2. The highest BCUT2D eigenvalue weighted by molar-refractivity contribution is 6.44. The van der Waals surface area contributed by atoms with Crippen LogP contribution in [0.4, 0.5) is 11.4 Å². The molecule has 1 atom stereocenters. The summed E-state index contributed by atoms with van der Waals surface area (Å²) < 4.78 is 0. The van der Waals surface area contributed by atoms with Crippen LogP contribution in [0.5, 0.6) is 0 Å². The van der Waals surface area contributed by atoms with Crippen LogP contribution in [0, 0.1) is 23.2 Å². The minimum absolute atomic E-state index is 0.0443. The Labute approximate surface area is 167 Å². The van der Waals surface area contributed by atoms with Gasteiger partial charge in [0.05, 0.1) is 5.69 Å². The third-order valence-electron chi connectivity index (χ3n) is 4.35. The van der Waals surface area contributed by atoms with Crippen molar-refractivity contribution >= 4 is 40.5 Å². The molecule has 3 rings (SSSR count). The first-order valence-corrected chi connectivity index (χ1v) is 8.91. The van der Waals surface area contributed by atoms with Crippen molar-refractivity contribution in [2.24, 2.45) is 11.7 Å². The van der Waals surface area contributed by atoms with E-state index in [1.165, 1.54) is 12.3 Å². The van der Waals surface area contributed by atoms with Crippen molar-refractivity contribution in [3.05, 3.63) is 52.8 Å². The van der Waals surface area contributed by atoms with E-state index in [0.29, 0.717) is 11.4 Å². The van der Waals surface area contributed by atoms with Crippen molar-refractivity contribution < 1.29 is 9.59 Å². The van der Waals surface area contributed by atoms with Crippen LogP contribution in [0.3, 0.4) is 0 Å². The maximum Gasteiger partial charge on any atom is 0.267 e. The summed E-state index contributed by atoms with van der Waals surface area (Å²) in [6.45, 7) is 0.719. The Bertz CT molecular complexity index is 1020. The highest BCUT2D eigenvalue weighted by Crippen LogP contribution is 2.24. The van der Waals surface area contributed by atoms with Gasteiger partial charge < -0.3 is 16.0 Å². The third kappa shape index (κ3) is 4.30. The van der Waals surface area contributed by atoms with Crippen LogP contribution in [-0.2, 0) is 9.59 Å². The van der Waals surface area contributed by atoms with Crippen molar-refractivity contribution in [1.82, 2.24) is 9.88 Å². The van der Waals surface area contributed by atoms with Gasteiger partial charge in [-0.1, -0.05) is 29.5 Å². The molecule has 1 saturated heterocycles. The summed E-state index contributed by atoms with van der Waals surface area (Å²) in [4.78, 5) is 28.9. The lowest BCUT2D eigenvalue weighted by molar-refractivity contribution is -0.128. The Kier molecular flexibility index (Phi) is 5.62. The van der Waals surface area contributed by atoms with Crippen molar-refractivity contribution in [3.8, 4) is 11.8 Å². The summed E-state index contributed by atoms with van der Waals surface area (Å²) in [7, 11) is 1.77. The maximum atomic E-state index is 12.0. The molecule has 0 spiro atoms.